The van der Waals surface area contributed by atoms with Crippen LogP contribution in [0.3, 0.4) is 0 Å². The number of carbonyl (C=O) groups excluding carboxylic acids is 2. The molecule has 1 saturated carbocycles. The van der Waals surface area contributed by atoms with Crippen LogP contribution in [0.1, 0.15) is 48.1 Å². The van der Waals surface area contributed by atoms with Crippen molar-refractivity contribution < 1.29 is 9.59 Å². The zero-order chi connectivity index (χ0) is 19.3. The number of carbonyl (C=O) groups is 2. The lowest BCUT2D eigenvalue weighted by atomic mass is 9.95. The number of nitrogens with one attached hydrogen (secondary N) is 2. The lowest BCUT2D eigenvalue weighted by Crippen LogP contribution is -2.53. The van der Waals surface area contributed by atoms with Gasteiger partial charge in [0.05, 0.1) is 18.0 Å². The van der Waals surface area contributed by atoms with Gasteiger partial charge in [-0.2, -0.15) is 0 Å². The zero-order valence-electron chi connectivity index (χ0n) is 15.7. The van der Waals surface area contributed by atoms with E-state index >= 15 is 0 Å². The smallest absolute Gasteiger partial charge is 0.251 e. The van der Waals surface area contributed by atoms with E-state index in [2.05, 4.69) is 10.6 Å². The van der Waals surface area contributed by atoms with Gasteiger partial charge in [0, 0.05) is 12.1 Å². The molecule has 0 spiro atoms. The summed E-state index contributed by atoms with van der Waals surface area (Å²) in [5.41, 5.74) is 7.01. The molecule has 2 aromatic rings. The first-order valence-electron chi connectivity index (χ1n) is 9.44. The van der Waals surface area contributed by atoms with Gasteiger partial charge in [0.1, 0.15) is 0 Å². The Morgan fingerprint density at radius 3 is 2.22 bits per heavy atom. The average Bonchev–Trinajstić information content (AvgIpc) is 3.54. The molecule has 0 radical (unpaired) electrons. The molecule has 5 nitrogen and oxygen atoms in total. The fourth-order valence-electron chi connectivity index (χ4n) is 3.36. The Morgan fingerprint density at radius 1 is 1.07 bits per heavy atom. The van der Waals surface area contributed by atoms with Gasteiger partial charge in [-0.3, -0.25) is 9.59 Å². The molecule has 0 aliphatic heterocycles. The standard InChI is InChI=1S/C22H27N3O2/c1-22(15-23,18-12-13-18)25-20(26)14-19(16-8-4-2-5-9-16)24-21(27)17-10-6-3-7-11-17/h2-11,18-19H,12-15,23H2,1H3,(H,24,27)(H,25,26). The van der Waals surface area contributed by atoms with Crippen molar-refractivity contribution >= 4 is 11.8 Å². The molecule has 2 unspecified atom stereocenters. The van der Waals surface area contributed by atoms with Crippen molar-refractivity contribution in [2.24, 2.45) is 11.7 Å². The summed E-state index contributed by atoms with van der Waals surface area (Å²) in [6, 6.07) is 18.2. The third-order valence-electron chi connectivity index (χ3n) is 5.26. The second kappa shape index (κ2) is 8.35. The van der Waals surface area contributed by atoms with Crippen LogP contribution in [0.4, 0.5) is 0 Å². The van der Waals surface area contributed by atoms with Crippen molar-refractivity contribution in [3.63, 3.8) is 0 Å². The number of amides is 2. The topological polar surface area (TPSA) is 84.2 Å². The van der Waals surface area contributed by atoms with Crippen LogP contribution >= 0.6 is 0 Å². The number of nitrogens with two attached hydrogens (primary N) is 1. The maximum Gasteiger partial charge on any atom is 0.251 e. The Bertz CT molecular complexity index is 775. The highest BCUT2D eigenvalue weighted by atomic mass is 16.2. The van der Waals surface area contributed by atoms with Gasteiger partial charge in [0.15, 0.2) is 0 Å². The van der Waals surface area contributed by atoms with Crippen LogP contribution in [-0.2, 0) is 4.79 Å². The molecule has 2 atom stereocenters. The third-order valence-corrected chi connectivity index (χ3v) is 5.26. The molecule has 142 valence electrons. The highest BCUT2D eigenvalue weighted by Crippen LogP contribution is 2.39. The van der Waals surface area contributed by atoms with Crippen molar-refractivity contribution in [2.75, 3.05) is 6.54 Å². The molecule has 0 bridgehead atoms. The molecule has 4 N–H and O–H groups in total. The largest absolute Gasteiger partial charge is 0.349 e. The first-order valence-corrected chi connectivity index (χ1v) is 9.44. The van der Waals surface area contributed by atoms with E-state index < -0.39 is 6.04 Å². The van der Waals surface area contributed by atoms with Gasteiger partial charge in [0.25, 0.3) is 5.91 Å². The normalized spacial score (nSPS) is 16.8. The van der Waals surface area contributed by atoms with Crippen LogP contribution < -0.4 is 16.4 Å². The monoisotopic (exact) mass is 365 g/mol. The molecule has 0 saturated heterocycles. The fourth-order valence-corrected chi connectivity index (χ4v) is 3.36. The first kappa shape index (κ1) is 19.1. The minimum absolute atomic E-state index is 0.0999. The van der Waals surface area contributed by atoms with Crippen LogP contribution in [0.2, 0.25) is 0 Å². The third kappa shape index (κ3) is 4.95. The molecule has 1 aliphatic rings. The van der Waals surface area contributed by atoms with E-state index in [1.165, 1.54) is 0 Å². The van der Waals surface area contributed by atoms with Gasteiger partial charge < -0.3 is 16.4 Å². The fraction of sp³-hybridized carbons (Fsp3) is 0.364. The maximum atomic E-state index is 12.7. The quantitative estimate of drug-likeness (QED) is 0.672. The highest BCUT2D eigenvalue weighted by Gasteiger charge is 2.41. The Labute approximate surface area is 160 Å². The summed E-state index contributed by atoms with van der Waals surface area (Å²) in [7, 11) is 0. The summed E-state index contributed by atoms with van der Waals surface area (Å²) in [5, 5.41) is 6.10. The van der Waals surface area contributed by atoms with Gasteiger partial charge >= 0.3 is 0 Å². The van der Waals surface area contributed by atoms with Crippen LogP contribution in [0, 0.1) is 5.92 Å². The molecule has 2 aromatic carbocycles. The lowest BCUT2D eigenvalue weighted by molar-refractivity contribution is -0.123. The molecule has 2 amide bonds. The molecule has 3 rings (SSSR count). The highest BCUT2D eigenvalue weighted by molar-refractivity contribution is 5.94. The molecule has 0 heterocycles. The predicted molar refractivity (Wildman–Crippen MR) is 106 cm³/mol. The summed E-state index contributed by atoms with van der Waals surface area (Å²) in [5.74, 6) is 0.152. The van der Waals surface area contributed by atoms with Crippen molar-refractivity contribution in [3.8, 4) is 0 Å². The van der Waals surface area contributed by atoms with Crippen molar-refractivity contribution in [3.05, 3.63) is 71.8 Å². The van der Waals surface area contributed by atoms with Crippen LogP contribution in [-0.4, -0.2) is 23.9 Å². The molecular weight excluding hydrogens is 338 g/mol. The number of hydrogen-bond acceptors (Lipinski definition) is 3. The Balaban J connectivity index is 1.72. The van der Waals surface area contributed by atoms with E-state index in [1.807, 2.05) is 55.5 Å². The molecule has 27 heavy (non-hydrogen) atoms. The molecule has 0 aromatic heterocycles. The van der Waals surface area contributed by atoms with E-state index in [4.69, 9.17) is 5.73 Å². The summed E-state index contributed by atoms with van der Waals surface area (Å²) in [4.78, 5) is 25.3. The van der Waals surface area contributed by atoms with Gasteiger partial charge in [-0.05, 0) is 43.4 Å². The van der Waals surface area contributed by atoms with E-state index in [9.17, 15) is 9.59 Å². The summed E-state index contributed by atoms with van der Waals surface area (Å²) in [6.07, 6.45) is 2.37. The lowest BCUT2D eigenvalue weighted by Gasteiger charge is -2.30. The molecule has 1 fully saturated rings. The van der Waals surface area contributed by atoms with Crippen molar-refractivity contribution in [2.45, 2.75) is 37.8 Å². The van der Waals surface area contributed by atoms with Crippen LogP contribution in [0.25, 0.3) is 0 Å². The minimum Gasteiger partial charge on any atom is -0.349 e. The molecule has 5 heteroatoms. The van der Waals surface area contributed by atoms with Crippen LogP contribution in [0.15, 0.2) is 60.7 Å². The second-order valence-corrected chi connectivity index (χ2v) is 7.45. The first-order chi connectivity index (χ1) is 13.0. The van der Waals surface area contributed by atoms with E-state index in [0.29, 0.717) is 18.0 Å². The van der Waals surface area contributed by atoms with Crippen molar-refractivity contribution in [1.29, 1.82) is 0 Å². The second-order valence-electron chi connectivity index (χ2n) is 7.45. The van der Waals surface area contributed by atoms with E-state index in [-0.39, 0.29) is 23.8 Å². The number of benzene rings is 2. The SMILES string of the molecule is CC(CN)(NC(=O)CC(NC(=O)c1ccccc1)c1ccccc1)C1CC1. The Morgan fingerprint density at radius 2 is 1.67 bits per heavy atom. The summed E-state index contributed by atoms with van der Waals surface area (Å²) in [6.45, 7) is 2.42. The Kier molecular flexibility index (Phi) is 5.91. The van der Waals surface area contributed by atoms with Gasteiger partial charge in [-0.1, -0.05) is 48.5 Å². The number of rotatable bonds is 8. The van der Waals surface area contributed by atoms with E-state index in [1.54, 1.807) is 12.1 Å². The molecule has 1 aliphatic carbocycles. The minimum atomic E-state index is -0.403. The van der Waals surface area contributed by atoms with E-state index in [0.717, 1.165) is 18.4 Å². The predicted octanol–water partition coefficient (Wildman–Crippen LogP) is 2.79. The van der Waals surface area contributed by atoms with Gasteiger partial charge in [-0.25, -0.2) is 0 Å². The van der Waals surface area contributed by atoms with Crippen LogP contribution in [0.5, 0.6) is 0 Å². The zero-order valence-corrected chi connectivity index (χ0v) is 15.7. The maximum absolute atomic E-state index is 12.7. The summed E-state index contributed by atoms with van der Waals surface area (Å²) < 4.78 is 0. The van der Waals surface area contributed by atoms with Crippen molar-refractivity contribution in [1.82, 2.24) is 10.6 Å². The Hall–Kier alpha value is -2.66. The average molecular weight is 365 g/mol. The molecular formula is C22H27N3O2. The van der Waals surface area contributed by atoms with Gasteiger partial charge in [-0.15, -0.1) is 0 Å². The number of hydrogen-bond donors (Lipinski definition) is 3. The van der Waals surface area contributed by atoms with Gasteiger partial charge in [0.2, 0.25) is 5.91 Å². The summed E-state index contributed by atoms with van der Waals surface area (Å²) >= 11 is 0.